The molecule has 18 heavy (non-hydrogen) atoms. The Morgan fingerprint density at radius 1 is 1.50 bits per heavy atom. The minimum Gasteiger partial charge on any atom is -0.348 e. The van der Waals surface area contributed by atoms with Gasteiger partial charge in [0.25, 0.3) is 5.91 Å². The minimum absolute atomic E-state index is 0.0717. The van der Waals surface area contributed by atoms with Crippen LogP contribution in [-0.4, -0.2) is 16.9 Å². The van der Waals surface area contributed by atoms with Crippen molar-refractivity contribution in [3.8, 4) is 0 Å². The summed E-state index contributed by atoms with van der Waals surface area (Å²) < 4.78 is 0. The van der Waals surface area contributed by atoms with Crippen LogP contribution in [0.4, 0.5) is 0 Å². The summed E-state index contributed by atoms with van der Waals surface area (Å²) in [6.07, 6.45) is 5.03. The molecule has 1 heterocycles. The van der Waals surface area contributed by atoms with Gasteiger partial charge in [-0.2, -0.15) is 0 Å². The Labute approximate surface area is 112 Å². The van der Waals surface area contributed by atoms with Crippen molar-refractivity contribution in [3.05, 3.63) is 16.1 Å². The molecule has 100 valence electrons. The molecule has 3 N–H and O–H groups in total. The van der Waals surface area contributed by atoms with E-state index >= 15 is 0 Å². The summed E-state index contributed by atoms with van der Waals surface area (Å²) in [6, 6.07) is 0.129. The van der Waals surface area contributed by atoms with Crippen LogP contribution in [0.1, 0.15) is 61.1 Å². The van der Waals surface area contributed by atoms with Gasteiger partial charge in [-0.25, -0.2) is 4.98 Å². The molecule has 1 aliphatic carbocycles. The average molecular weight is 267 g/mol. The van der Waals surface area contributed by atoms with Crippen LogP contribution in [0.2, 0.25) is 0 Å². The van der Waals surface area contributed by atoms with E-state index in [1.807, 2.05) is 6.92 Å². The monoisotopic (exact) mass is 267 g/mol. The molecule has 2 atom stereocenters. The van der Waals surface area contributed by atoms with Crippen molar-refractivity contribution in [2.45, 2.75) is 51.6 Å². The first kappa shape index (κ1) is 13.5. The highest BCUT2D eigenvalue weighted by Crippen LogP contribution is 2.27. The second-order valence-corrected chi connectivity index (χ2v) is 6.06. The lowest BCUT2D eigenvalue weighted by molar-refractivity contribution is 0.0922. The Bertz CT molecular complexity index is 410. The van der Waals surface area contributed by atoms with Gasteiger partial charge >= 0.3 is 0 Å². The summed E-state index contributed by atoms with van der Waals surface area (Å²) >= 11 is 1.45. The second-order valence-electron chi connectivity index (χ2n) is 5.17. The number of nitrogens with two attached hydrogens (primary N) is 1. The second kappa shape index (κ2) is 5.80. The number of carbonyl (C=O) groups excluding carboxylic acids is 1. The summed E-state index contributed by atoms with van der Waals surface area (Å²) in [5.41, 5.74) is 6.24. The van der Waals surface area contributed by atoms with Crippen LogP contribution in [0.25, 0.3) is 0 Å². The predicted octanol–water partition coefficient (Wildman–Crippen LogP) is 2.47. The van der Waals surface area contributed by atoms with Gasteiger partial charge in [-0.05, 0) is 32.6 Å². The molecule has 2 rings (SSSR count). The molecule has 1 aromatic heterocycles. The molecule has 0 saturated heterocycles. The third kappa shape index (κ3) is 3.09. The highest BCUT2D eigenvalue weighted by molar-refractivity contribution is 7.09. The van der Waals surface area contributed by atoms with Gasteiger partial charge in [0.05, 0.1) is 6.04 Å². The minimum atomic E-state index is -0.108. The number of amides is 1. The van der Waals surface area contributed by atoms with Crippen molar-refractivity contribution in [3.63, 3.8) is 0 Å². The van der Waals surface area contributed by atoms with E-state index in [-0.39, 0.29) is 18.0 Å². The molecule has 1 aliphatic rings. The zero-order chi connectivity index (χ0) is 13.1. The first-order chi connectivity index (χ1) is 8.58. The molecular formula is C13H21N3OS. The van der Waals surface area contributed by atoms with E-state index in [1.165, 1.54) is 37.0 Å². The Kier molecular flexibility index (Phi) is 4.35. The Morgan fingerprint density at radius 3 is 2.72 bits per heavy atom. The van der Waals surface area contributed by atoms with Crippen molar-refractivity contribution in [2.24, 2.45) is 11.7 Å². The highest BCUT2D eigenvalue weighted by atomic mass is 32.1. The number of nitrogens with one attached hydrogen (secondary N) is 1. The Morgan fingerprint density at radius 2 is 2.17 bits per heavy atom. The number of hydrogen-bond donors (Lipinski definition) is 2. The first-order valence-corrected chi connectivity index (χ1v) is 7.47. The maximum absolute atomic E-state index is 12.0. The number of rotatable bonds is 4. The SMILES string of the molecule is CC(N)c1nc(C(=O)N[C@@H](C)C2CCCC2)cs1. The van der Waals surface area contributed by atoms with Gasteiger partial charge in [0.2, 0.25) is 0 Å². The lowest BCUT2D eigenvalue weighted by Crippen LogP contribution is -2.37. The fraction of sp³-hybridized carbons (Fsp3) is 0.692. The Balaban J connectivity index is 1.93. The number of nitrogens with zero attached hydrogens (tertiary/aromatic N) is 1. The van der Waals surface area contributed by atoms with Gasteiger partial charge in [0.15, 0.2) is 0 Å². The topological polar surface area (TPSA) is 68.0 Å². The summed E-state index contributed by atoms with van der Waals surface area (Å²) in [5, 5.41) is 5.66. The van der Waals surface area contributed by atoms with Crippen molar-refractivity contribution < 1.29 is 4.79 Å². The van der Waals surface area contributed by atoms with Crippen LogP contribution in [-0.2, 0) is 0 Å². The van der Waals surface area contributed by atoms with E-state index in [0.717, 1.165) is 5.01 Å². The van der Waals surface area contributed by atoms with Gasteiger partial charge in [0.1, 0.15) is 10.7 Å². The average Bonchev–Trinajstić information content (AvgIpc) is 3.00. The molecule has 1 aromatic rings. The predicted molar refractivity (Wildman–Crippen MR) is 73.6 cm³/mol. The van der Waals surface area contributed by atoms with Gasteiger partial charge in [-0.15, -0.1) is 11.3 Å². The molecule has 0 aromatic carbocycles. The number of thiazole rings is 1. The molecule has 0 aliphatic heterocycles. The van der Waals surface area contributed by atoms with Crippen molar-refractivity contribution >= 4 is 17.2 Å². The lowest BCUT2D eigenvalue weighted by Gasteiger charge is -2.19. The Hall–Kier alpha value is -0.940. The maximum Gasteiger partial charge on any atom is 0.270 e. The summed E-state index contributed by atoms with van der Waals surface area (Å²) in [5.74, 6) is 0.554. The van der Waals surface area contributed by atoms with Crippen molar-refractivity contribution in [2.75, 3.05) is 0 Å². The molecule has 1 fully saturated rings. The van der Waals surface area contributed by atoms with E-state index in [2.05, 4.69) is 17.2 Å². The van der Waals surface area contributed by atoms with E-state index < -0.39 is 0 Å². The third-order valence-electron chi connectivity index (χ3n) is 3.61. The number of aromatic nitrogens is 1. The van der Waals surface area contributed by atoms with Crippen molar-refractivity contribution in [1.82, 2.24) is 10.3 Å². The lowest BCUT2D eigenvalue weighted by atomic mass is 10.00. The van der Waals surface area contributed by atoms with Crippen LogP contribution < -0.4 is 11.1 Å². The molecule has 4 nitrogen and oxygen atoms in total. The fourth-order valence-corrected chi connectivity index (χ4v) is 3.21. The van der Waals surface area contributed by atoms with Crippen LogP contribution >= 0.6 is 11.3 Å². The summed E-state index contributed by atoms with van der Waals surface area (Å²) in [4.78, 5) is 16.3. The highest BCUT2D eigenvalue weighted by Gasteiger charge is 2.24. The van der Waals surface area contributed by atoms with Gasteiger partial charge in [-0.1, -0.05) is 12.8 Å². The van der Waals surface area contributed by atoms with Crippen LogP contribution in [0.3, 0.4) is 0 Å². The molecule has 0 bridgehead atoms. The largest absolute Gasteiger partial charge is 0.348 e. The van der Waals surface area contributed by atoms with Crippen LogP contribution in [0.5, 0.6) is 0 Å². The third-order valence-corrected chi connectivity index (χ3v) is 4.66. The van der Waals surface area contributed by atoms with Crippen molar-refractivity contribution in [1.29, 1.82) is 0 Å². The van der Waals surface area contributed by atoms with Gasteiger partial charge < -0.3 is 11.1 Å². The molecule has 1 saturated carbocycles. The first-order valence-electron chi connectivity index (χ1n) is 6.60. The standard InChI is InChI=1S/C13H21N3OS/c1-8(14)13-16-11(7-18-13)12(17)15-9(2)10-5-3-4-6-10/h7-10H,3-6,14H2,1-2H3,(H,15,17)/t8?,9-/m0/s1. The fourth-order valence-electron chi connectivity index (χ4n) is 2.46. The molecule has 0 radical (unpaired) electrons. The zero-order valence-corrected chi connectivity index (χ0v) is 11.8. The quantitative estimate of drug-likeness (QED) is 0.880. The zero-order valence-electron chi connectivity index (χ0n) is 11.0. The van der Waals surface area contributed by atoms with Gasteiger partial charge in [-0.3, -0.25) is 4.79 Å². The van der Waals surface area contributed by atoms with E-state index in [9.17, 15) is 4.79 Å². The number of carbonyl (C=O) groups is 1. The molecule has 5 heteroatoms. The van der Waals surface area contributed by atoms with E-state index in [1.54, 1.807) is 5.38 Å². The summed E-state index contributed by atoms with van der Waals surface area (Å²) in [6.45, 7) is 3.97. The molecule has 1 unspecified atom stereocenters. The van der Waals surface area contributed by atoms with Gasteiger partial charge in [0, 0.05) is 11.4 Å². The normalized spacial score (nSPS) is 19.7. The maximum atomic E-state index is 12.0. The van der Waals surface area contributed by atoms with E-state index in [4.69, 9.17) is 5.73 Å². The molecule has 1 amide bonds. The molecule has 0 spiro atoms. The van der Waals surface area contributed by atoms with E-state index in [0.29, 0.717) is 11.6 Å². The molecular weight excluding hydrogens is 246 g/mol. The smallest absolute Gasteiger partial charge is 0.270 e. The van der Waals surface area contributed by atoms with Crippen LogP contribution in [0.15, 0.2) is 5.38 Å². The number of hydrogen-bond acceptors (Lipinski definition) is 4. The summed E-state index contributed by atoms with van der Waals surface area (Å²) in [7, 11) is 0. The van der Waals surface area contributed by atoms with Crippen LogP contribution in [0, 0.1) is 5.92 Å².